The maximum absolute atomic E-state index is 6.36. The molecule has 0 spiro atoms. The highest BCUT2D eigenvalue weighted by atomic mass is 15.2. The van der Waals surface area contributed by atoms with Gasteiger partial charge in [0.15, 0.2) is 0 Å². The van der Waals surface area contributed by atoms with Crippen molar-refractivity contribution < 1.29 is 0 Å². The Kier molecular flexibility index (Phi) is 5.18. The second kappa shape index (κ2) is 6.36. The van der Waals surface area contributed by atoms with E-state index in [-0.39, 0.29) is 5.54 Å². The highest BCUT2D eigenvalue weighted by molar-refractivity contribution is 5.02. The van der Waals surface area contributed by atoms with Crippen LogP contribution in [-0.4, -0.2) is 29.6 Å². The van der Waals surface area contributed by atoms with Gasteiger partial charge in [-0.15, -0.1) is 0 Å². The third-order valence-electron chi connectivity index (χ3n) is 5.62. The molecule has 0 saturated heterocycles. The smallest absolute Gasteiger partial charge is 0.0339 e. The van der Waals surface area contributed by atoms with Crippen LogP contribution in [0.25, 0.3) is 0 Å². The molecule has 2 saturated carbocycles. The SMILES string of the molecule is CC(C)CN(C1CCCC1)C1(CN)CCCC(C)(C)C1. The molecule has 20 heavy (non-hydrogen) atoms. The van der Waals surface area contributed by atoms with Crippen molar-refractivity contribution in [2.45, 2.75) is 90.6 Å². The molecule has 1 atom stereocenters. The van der Waals surface area contributed by atoms with Gasteiger partial charge in [-0.25, -0.2) is 0 Å². The number of nitrogens with two attached hydrogens (primary N) is 1. The van der Waals surface area contributed by atoms with Crippen LogP contribution in [0.3, 0.4) is 0 Å². The lowest BCUT2D eigenvalue weighted by Gasteiger charge is -2.53. The third kappa shape index (κ3) is 3.57. The number of hydrogen-bond acceptors (Lipinski definition) is 2. The summed E-state index contributed by atoms with van der Waals surface area (Å²) in [6, 6.07) is 0.801. The standard InChI is InChI=1S/C18H36N2/c1-15(2)12-20(16-8-5-6-9-16)18(14-19)11-7-10-17(3,4)13-18/h15-16H,5-14,19H2,1-4H3. The van der Waals surface area contributed by atoms with Crippen LogP contribution in [0.4, 0.5) is 0 Å². The van der Waals surface area contributed by atoms with E-state index in [0.717, 1.165) is 18.5 Å². The van der Waals surface area contributed by atoms with Crippen LogP contribution in [0.2, 0.25) is 0 Å². The van der Waals surface area contributed by atoms with Crippen molar-refractivity contribution in [3.05, 3.63) is 0 Å². The monoisotopic (exact) mass is 280 g/mol. The molecule has 0 radical (unpaired) electrons. The fourth-order valence-corrected chi connectivity index (χ4v) is 4.84. The molecule has 118 valence electrons. The zero-order valence-corrected chi connectivity index (χ0v) is 14.3. The first-order valence-corrected chi connectivity index (χ1v) is 8.85. The predicted octanol–water partition coefficient (Wildman–Crippen LogP) is 4.18. The molecular formula is C18H36N2. The Bertz CT molecular complexity index is 305. The molecule has 2 N–H and O–H groups in total. The summed E-state index contributed by atoms with van der Waals surface area (Å²) in [7, 11) is 0. The summed E-state index contributed by atoms with van der Waals surface area (Å²) in [5.74, 6) is 0.740. The minimum Gasteiger partial charge on any atom is -0.329 e. The van der Waals surface area contributed by atoms with E-state index in [1.807, 2.05) is 0 Å². The van der Waals surface area contributed by atoms with Crippen LogP contribution < -0.4 is 5.73 Å². The molecule has 0 amide bonds. The van der Waals surface area contributed by atoms with E-state index in [4.69, 9.17) is 5.73 Å². The Labute approximate surface area is 126 Å². The van der Waals surface area contributed by atoms with Gasteiger partial charge in [-0.3, -0.25) is 4.90 Å². The van der Waals surface area contributed by atoms with Gasteiger partial charge in [0.2, 0.25) is 0 Å². The molecule has 0 heterocycles. The fourth-order valence-electron chi connectivity index (χ4n) is 4.84. The lowest BCUT2D eigenvalue weighted by Crippen LogP contribution is -2.61. The Hall–Kier alpha value is -0.0800. The molecule has 2 fully saturated rings. The molecule has 2 aliphatic rings. The molecule has 0 aromatic rings. The molecule has 2 heteroatoms. The van der Waals surface area contributed by atoms with Crippen molar-refractivity contribution in [2.24, 2.45) is 17.1 Å². The van der Waals surface area contributed by atoms with E-state index in [0.29, 0.717) is 5.41 Å². The molecule has 0 aliphatic heterocycles. The topological polar surface area (TPSA) is 29.3 Å². The first-order chi connectivity index (χ1) is 9.38. The first kappa shape index (κ1) is 16.3. The summed E-state index contributed by atoms with van der Waals surface area (Å²) in [6.45, 7) is 11.7. The first-order valence-electron chi connectivity index (χ1n) is 8.85. The van der Waals surface area contributed by atoms with E-state index in [1.54, 1.807) is 0 Å². The van der Waals surface area contributed by atoms with Crippen LogP contribution in [0.5, 0.6) is 0 Å². The lowest BCUT2D eigenvalue weighted by atomic mass is 9.66. The van der Waals surface area contributed by atoms with E-state index in [9.17, 15) is 0 Å². The van der Waals surface area contributed by atoms with Gasteiger partial charge in [0.05, 0.1) is 0 Å². The van der Waals surface area contributed by atoms with Crippen molar-refractivity contribution in [2.75, 3.05) is 13.1 Å². The second-order valence-electron chi connectivity index (χ2n) is 8.61. The summed E-state index contributed by atoms with van der Waals surface area (Å²) in [6.07, 6.45) is 11.0. The molecule has 0 aromatic carbocycles. The Morgan fingerprint density at radius 3 is 2.25 bits per heavy atom. The van der Waals surface area contributed by atoms with Gasteiger partial charge < -0.3 is 5.73 Å². The molecule has 2 rings (SSSR count). The highest BCUT2D eigenvalue weighted by Gasteiger charge is 2.45. The molecule has 0 bridgehead atoms. The molecule has 2 aliphatic carbocycles. The summed E-state index contributed by atoms with van der Waals surface area (Å²) >= 11 is 0. The zero-order chi connectivity index (χ0) is 14.8. The van der Waals surface area contributed by atoms with Crippen molar-refractivity contribution in [1.29, 1.82) is 0 Å². The second-order valence-corrected chi connectivity index (χ2v) is 8.61. The zero-order valence-electron chi connectivity index (χ0n) is 14.3. The highest BCUT2D eigenvalue weighted by Crippen LogP contribution is 2.45. The molecule has 2 nitrogen and oxygen atoms in total. The largest absolute Gasteiger partial charge is 0.329 e. The predicted molar refractivity (Wildman–Crippen MR) is 87.8 cm³/mol. The van der Waals surface area contributed by atoms with Crippen LogP contribution >= 0.6 is 0 Å². The number of rotatable bonds is 5. The average Bonchev–Trinajstić information content (AvgIpc) is 2.87. The summed E-state index contributed by atoms with van der Waals surface area (Å²) in [5, 5.41) is 0. The van der Waals surface area contributed by atoms with Crippen molar-refractivity contribution in [3.8, 4) is 0 Å². The van der Waals surface area contributed by atoms with Gasteiger partial charge >= 0.3 is 0 Å². The summed E-state index contributed by atoms with van der Waals surface area (Å²) < 4.78 is 0. The quantitative estimate of drug-likeness (QED) is 0.818. The molecular weight excluding hydrogens is 244 g/mol. The van der Waals surface area contributed by atoms with Crippen molar-refractivity contribution in [3.63, 3.8) is 0 Å². The van der Waals surface area contributed by atoms with Crippen LogP contribution in [0.1, 0.15) is 79.1 Å². The Balaban J connectivity index is 2.22. The summed E-state index contributed by atoms with van der Waals surface area (Å²) in [5.41, 5.74) is 7.10. The maximum atomic E-state index is 6.36. The normalized spacial score (nSPS) is 31.4. The summed E-state index contributed by atoms with van der Waals surface area (Å²) in [4.78, 5) is 2.87. The fraction of sp³-hybridized carbons (Fsp3) is 1.00. The van der Waals surface area contributed by atoms with Gasteiger partial charge in [0.25, 0.3) is 0 Å². The van der Waals surface area contributed by atoms with E-state index in [2.05, 4.69) is 32.6 Å². The van der Waals surface area contributed by atoms with Crippen LogP contribution in [0.15, 0.2) is 0 Å². The lowest BCUT2D eigenvalue weighted by molar-refractivity contribution is -0.0242. The van der Waals surface area contributed by atoms with Gasteiger partial charge in [-0.2, -0.15) is 0 Å². The van der Waals surface area contributed by atoms with Gasteiger partial charge in [-0.05, 0) is 43.4 Å². The van der Waals surface area contributed by atoms with Gasteiger partial charge in [-0.1, -0.05) is 47.0 Å². The van der Waals surface area contributed by atoms with Crippen molar-refractivity contribution in [1.82, 2.24) is 4.90 Å². The molecule has 0 aromatic heterocycles. The van der Waals surface area contributed by atoms with Crippen LogP contribution in [-0.2, 0) is 0 Å². The maximum Gasteiger partial charge on any atom is 0.0339 e. The van der Waals surface area contributed by atoms with Gasteiger partial charge in [0, 0.05) is 24.7 Å². The number of nitrogens with zero attached hydrogens (tertiary/aromatic N) is 1. The van der Waals surface area contributed by atoms with Crippen molar-refractivity contribution >= 4 is 0 Å². The van der Waals surface area contributed by atoms with Gasteiger partial charge in [0.1, 0.15) is 0 Å². The van der Waals surface area contributed by atoms with Crippen LogP contribution in [0, 0.1) is 11.3 Å². The Morgan fingerprint density at radius 1 is 1.10 bits per heavy atom. The molecule has 1 unspecified atom stereocenters. The third-order valence-corrected chi connectivity index (χ3v) is 5.62. The average molecular weight is 280 g/mol. The minimum absolute atomic E-state index is 0.279. The van der Waals surface area contributed by atoms with E-state index >= 15 is 0 Å². The van der Waals surface area contributed by atoms with E-state index < -0.39 is 0 Å². The minimum atomic E-state index is 0.279. The Morgan fingerprint density at radius 2 is 1.75 bits per heavy atom. The van der Waals surface area contributed by atoms with E-state index in [1.165, 1.54) is 57.9 Å². The number of hydrogen-bond donors (Lipinski definition) is 1.